The highest BCUT2D eigenvalue weighted by atomic mass is 16.5. The molecule has 2 aliphatic carbocycles. The summed E-state index contributed by atoms with van der Waals surface area (Å²) in [6.07, 6.45) is 0. The standard InChI is InChI=1S/C74H46N2O2/c1-2-19-49(20-3-1)76-65-31-13-6-22-54(65)56-45-48(39-44-66(56)76)47-37-40-50(41-38-47)75(51-42-43-53-52-21-4-7-24-57(52)74(64(53)46-51)61-28-11-16-35-70(61)78-71-36-17-12-29-62(71)74)67-32-18-30-63-72(67)55-23-5-8-25-58(55)73(63)59-26-9-14-33-68(59)77-69-34-15-10-27-60(69)73/h1-46H. The lowest BCUT2D eigenvalue weighted by molar-refractivity contribution is 0.436. The van der Waals surface area contributed by atoms with E-state index in [0.29, 0.717) is 0 Å². The highest BCUT2D eigenvalue weighted by Gasteiger charge is 2.53. The Morgan fingerprint density at radius 1 is 0.295 bits per heavy atom. The molecule has 0 atom stereocenters. The second-order valence-corrected chi connectivity index (χ2v) is 21.0. The Morgan fingerprint density at radius 2 is 0.769 bits per heavy atom. The number of hydrogen-bond donors (Lipinski definition) is 0. The van der Waals surface area contributed by atoms with Crippen LogP contribution in [0.2, 0.25) is 0 Å². The molecule has 2 spiro atoms. The normalized spacial score (nSPS) is 14.1. The van der Waals surface area contributed by atoms with E-state index in [9.17, 15) is 0 Å². The number of para-hydroxylation sites is 6. The maximum Gasteiger partial charge on any atom is 0.132 e. The van der Waals surface area contributed by atoms with Crippen LogP contribution in [0.5, 0.6) is 23.0 Å². The van der Waals surface area contributed by atoms with Crippen LogP contribution >= 0.6 is 0 Å². The third-order valence-corrected chi connectivity index (χ3v) is 17.3. The first-order valence-corrected chi connectivity index (χ1v) is 26.9. The SMILES string of the molecule is c1ccc(-n2c3ccccc3c3cc(-c4ccc(N(c5ccc6c(c5)C5(c7ccccc7Oc7ccccc75)c5ccccc5-6)c5cccc6c5-c5ccccc5C65c6ccccc6Oc6ccccc65)cc4)ccc32)cc1. The molecule has 0 fully saturated rings. The minimum Gasteiger partial charge on any atom is -0.457 e. The van der Waals surface area contributed by atoms with Crippen LogP contribution in [-0.2, 0) is 10.8 Å². The van der Waals surface area contributed by atoms with Crippen LogP contribution in [0.25, 0.3) is 60.9 Å². The molecule has 0 N–H and O–H groups in total. The van der Waals surface area contributed by atoms with Crippen LogP contribution in [0.1, 0.15) is 44.5 Å². The predicted molar refractivity (Wildman–Crippen MR) is 316 cm³/mol. The van der Waals surface area contributed by atoms with Crippen molar-refractivity contribution >= 4 is 38.9 Å². The number of rotatable bonds is 5. The number of aromatic nitrogens is 1. The minimum atomic E-state index is -0.643. The van der Waals surface area contributed by atoms with Gasteiger partial charge >= 0.3 is 0 Å². The summed E-state index contributed by atoms with van der Waals surface area (Å²) in [4.78, 5) is 2.51. The van der Waals surface area contributed by atoms with Gasteiger partial charge in [0.05, 0.1) is 27.6 Å². The number of anilines is 3. The molecule has 0 unspecified atom stereocenters. The van der Waals surface area contributed by atoms with Crippen molar-refractivity contribution in [2.45, 2.75) is 10.8 Å². The first-order valence-electron chi connectivity index (χ1n) is 26.9. The predicted octanol–water partition coefficient (Wildman–Crippen LogP) is 18.9. The van der Waals surface area contributed by atoms with Crippen LogP contribution in [0.15, 0.2) is 279 Å². The summed E-state index contributed by atoms with van der Waals surface area (Å²) < 4.78 is 15.9. The number of fused-ring (bicyclic) bond motifs is 21. The number of nitrogens with zero attached hydrogens (tertiary/aromatic N) is 2. The zero-order chi connectivity index (χ0) is 51.1. The maximum atomic E-state index is 6.79. The van der Waals surface area contributed by atoms with E-state index in [-0.39, 0.29) is 0 Å². The molecule has 78 heavy (non-hydrogen) atoms. The van der Waals surface area contributed by atoms with Crippen molar-refractivity contribution in [3.63, 3.8) is 0 Å². The monoisotopic (exact) mass is 994 g/mol. The van der Waals surface area contributed by atoms with Gasteiger partial charge in [-0.05, 0) is 135 Å². The van der Waals surface area contributed by atoms with E-state index in [1.54, 1.807) is 0 Å². The summed E-state index contributed by atoms with van der Waals surface area (Å²) in [7, 11) is 0. The van der Waals surface area contributed by atoms with Gasteiger partial charge in [0.25, 0.3) is 0 Å². The van der Waals surface area contributed by atoms with E-state index < -0.39 is 10.8 Å². The molecule has 13 aromatic rings. The second-order valence-electron chi connectivity index (χ2n) is 21.0. The van der Waals surface area contributed by atoms with Crippen LogP contribution < -0.4 is 14.4 Å². The molecule has 1 aromatic heterocycles. The zero-order valence-corrected chi connectivity index (χ0v) is 42.3. The van der Waals surface area contributed by atoms with Crippen molar-refractivity contribution in [1.29, 1.82) is 0 Å². The zero-order valence-electron chi connectivity index (χ0n) is 42.3. The van der Waals surface area contributed by atoms with Gasteiger partial charge in [-0.3, -0.25) is 0 Å². The summed E-state index contributed by atoms with van der Waals surface area (Å²) >= 11 is 0. The molecular weight excluding hydrogens is 949 g/mol. The Hall–Kier alpha value is -10.2. The van der Waals surface area contributed by atoms with Crippen LogP contribution in [0.3, 0.4) is 0 Å². The fourth-order valence-corrected chi connectivity index (χ4v) is 14.3. The van der Waals surface area contributed by atoms with Gasteiger partial charge in [-0.15, -0.1) is 0 Å². The largest absolute Gasteiger partial charge is 0.457 e. The molecule has 3 heterocycles. The second kappa shape index (κ2) is 16.2. The molecule has 17 rings (SSSR count). The molecule has 2 aliphatic heterocycles. The van der Waals surface area contributed by atoms with Crippen molar-refractivity contribution in [2.75, 3.05) is 4.90 Å². The quantitative estimate of drug-likeness (QED) is 0.172. The van der Waals surface area contributed by atoms with E-state index in [1.165, 1.54) is 71.9 Å². The lowest BCUT2D eigenvalue weighted by Crippen LogP contribution is -2.32. The van der Waals surface area contributed by atoms with E-state index in [0.717, 1.165) is 73.6 Å². The van der Waals surface area contributed by atoms with Gasteiger partial charge in [0.2, 0.25) is 0 Å². The summed E-state index contributed by atoms with van der Waals surface area (Å²) in [5, 5.41) is 2.46. The van der Waals surface area contributed by atoms with Gasteiger partial charge in [0.1, 0.15) is 23.0 Å². The summed E-state index contributed by atoms with van der Waals surface area (Å²) in [5.74, 6) is 3.50. The van der Waals surface area contributed by atoms with E-state index in [2.05, 4.69) is 289 Å². The summed E-state index contributed by atoms with van der Waals surface area (Å²) in [6.45, 7) is 0. The highest BCUT2D eigenvalue weighted by Crippen LogP contribution is 2.66. The lowest BCUT2D eigenvalue weighted by atomic mass is 9.66. The highest BCUT2D eigenvalue weighted by molar-refractivity contribution is 6.10. The van der Waals surface area contributed by atoms with Gasteiger partial charge in [0.15, 0.2) is 0 Å². The fraction of sp³-hybridized carbons (Fsp3) is 0.0270. The minimum absolute atomic E-state index is 0.635. The molecule has 364 valence electrons. The van der Waals surface area contributed by atoms with Crippen molar-refractivity contribution in [3.8, 4) is 62.1 Å². The van der Waals surface area contributed by atoms with Gasteiger partial charge in [-0.1, -0.05) is 194 Å². The van der Waals surface area contributed by atoms with Crippen molar-refractivity contribution in [1.82, 2.24) is 4.57 Å². The van der Waals surface area contributed by atoms with Gasteiger partial charge in [-0.25, -0.2) is 0 Å². The Bertz CT molecular complexity index is 4550. The molecule has 0 saturated carbocycles. The molecule has 0 bridgehead atoms. The van der Waals surface area contributed by atoms with E-state index in [4.69, 9.17) is 9.47 Å². The molecular formula is C74H46N2O2. The Morgan fingerprint density at radius 3 is 1.42 bits per heavy atom. The van der Waals surface area contributed by atoms with E-state index in [1.807, 2.05) is 0 Å². The van der Waals surface area contributed by atoms with Crippen molar-refractivity contribution in [2.24, 2.45) is 0 Å². The third-order valence-electron chi connectivity index (χ3n) is 17.3. The van der Waals surface area contributed by atoms with Crippen LogP contribution in [-0.4, -0.2) is 4.57 Å². The van der Waals surface area contributed by atoms with Crippen LogP contribution in [0, 0.1) is 0 Å². The van der Waals surface area contributed by atoms with E-state index >= 15 is 0 Å². The molecule has 0 saturated heterocycles. The van der Waals surface area contributed by atoms with Crippen LogP contribution in [0.4, 0.5) is 17.1 Å². The number of ether oxygens (including phenoxy) is 2. The number of benzene rings is 12. The topological polar surface area (TPSA) is 26.6 Å². The maximum absolute atomic E-state index is 6.79. The molecule has 12 aromatic carbocycles. The molecule has 4 heteroatoms. The fourth-order valence-electron chi connectivity index (χ4n) is 14.3. The lowest BCUT2D eigenvalue weighted by Gasteiger charge is -2.40. The average molecular weight is 995 g/mol. The number of hydrogen-bond acceptors (Lipinski definition) is 3. The Labute approximate surface area is 451 Å². The summed E-state index contributed by atoms with van der Waals surface area (Å²) in [6, 6.07) is 102. The first-order chi connectivity index (χ1) is 38.7. The molecule has 4 nitrogen and oxygen atoms in total. The molecule has 4 aliphatic rings. The smallest absolute Gasteiger partial charge is 0.132 e. The van der Waals surface area contributed by atoms with Gasteiger partial charge in [0, 0.05) is 55.7 Å². The van der Waals surface area contributed by atoms with Gasteiger partial charge in [-0.2, -0.15) is 0 Å². The Kier molecular flexibility index (Phi) is 8.94. The first kappa shape index (κ1) is 43.1. The van der Waals surface area contributed by atoms with Crippen molar-refractivity contribution in [3.05, 3.63) is 324 Å². The molecule has 0 radical (unpaired) electrons. The van der Waals surface area contributed by atoms with Gasteiger partial charge < -0.3 is 18.9 Å². The molecule has 0 amide bonds. The van der Waals surface area contributed by atoms with Crippen molar-refractivity contribution < 1.29 is 9.47 Å². The summed E-state index contributed by atoms with van der Waals surface area (Å²) in [5.41, 5.74) is 22.2. The average Bonchev–Trinajstić information content (AvgIpc) is 4.29. The Balaban J connectivity index is 0.911. The third kappa shape index (κ3) is 5.68.